The minimum absolute atomic E-state index is 0.144. The second-order valence-corrected chi connectivity index (χ2v) is 4.35. The van der Waals surface area contributed by atoms with E-state index < -0.39 is 23.8 Å². The van der Waals surface area contributed by atoms with E-state index in [4.69, 9.17) is 4.74 Å². The number of hydrogen-bond acceptors (Lipinski definition) is 5. The second kappa shape index (κ2) is 4.95. The quantitative estimate of drug-likeness (QED) is 0.803. The Labute approximate surface area is 110 Å². The molecule has 5 heteroatoms. The van der Waals surface area contributed by atoms with Gasteiger partial charge in [-0.05, 0) is 24.6 Å². The van der Waals surface area contributed by atoms with Gasteiger partial charge in [0.15, 0.2) is 17.7 Å². The van der Waals surface area contributed by atoms with E-state index in [1.165, 1.54) is 14.0 Å². The number of ether oxygens (including phenoxy) is 1. The summed E-state index contributed by atoms with van der Waals surface area (Å²) in [7, 11) is 1.52. The van der Waals surface area contributed by atoms with Gasteiger partial charge in [0.25, 0.3) is 0 Å². The molecule has 0 bridgehead atoms. The summed E-state index contributed by atoms with van der Waals surface area (Å²) in [6, 6.07) is 6.58. The highest BCUT2D eigenvalue weighted by Crippen LogP contribution is 2.29. The van der Waals surface area contributed by atoms with E-state index in [2.05, 4.69) is 0 Å². The average Bonchev–Trinajstić information content (AvgIpc) is 2.44. The lowest BCUT2D eigenvalue weighted by atomic mass is 9.83. The molecule has 1 aromatic carbocycles. The number of benzene rings is 1. The highest BCUT2D eigenvalue weighted by molar-refractivity contribution is 6.32. The number of methoxy groups -OCH3 is 1. The number of carbonyl (C=O) groups is 2. The highest BCUT2D eigenvalue weighted by atomic mass is 16.5. The third-order valence-electron chi connectivity index (χ3n) is 3.21. The third-order valence-corrected chi connectivity index (χ3v) is 3.21. The van der Waals surface area contributed by atoms with Crippen LogP contribution in [0.4, 0.5) is 0 Å². The van der Waals surface area contributed by atoms with Gasteiger partial charge in [0, 0.05) is 11.1 Å². The summed E-state index contributed by atoms with van der Waals surface area (Å²) in [5.74, 6) is -0.648. The lowest BCUT2D eigenvalue weighted by Gasteiger charge is -2.24. The number of aliphatic hydroxyl groups is 2. The first-order valence-corrected chi connectivity index (χ1v) is 5.77. The molecule has 2 N–H and O–H groups in total. The lowest BCUT2D eigenvalue weighted by molar-refractivity contribution is -0.139. The summed E-state index contributed by atoms with van der Waals surface area (Å²) in [5.41, 5.74) is 0.820. The molecule has 0 heterocycles. The molecule has 0 spiro atoms. The van der Waals surface area contributed by atoms with Crippen LogP contribution in [0.5, 0.6) is 5.75 Å². The van der Waals surface area contributed by atoms with E-state index in [9.17, 15) is 19.8 Å². The van der Waals surface area contributed by atoms with Gasteiger partial charge in [-0.25, -0.2) is 0 Å². The Morgan fingerprint density at radius 3 is 2.05 bits per heavy atom. The molecule has 100 valence electrons. The molecule has 0 aromatic heterocycles. The lowest BCUT2D eigenvalue weighted by Crippen LogP contribution is -2.45. The minimum Gasteiger partial charge on any atom is -0.497 e. The van der Waals surface area contributed by atoms with Crippen LogP contribution in [0.25, 0.3) is 5.57 Å². The van der Waals surface area contributed by atoms with Crippen molar-refractivity contribution in [3.05, 3.63) is 35.4 Å². The molecule has 0 radical (unpaired) electrons. The first-order chi connectivity index (χ1) is 8.97. The summed E-state index contributed by atoms with van der Waals surface area (Å²) >= 11 is 0. The first kappa shape index (κ1) is 13.5. The van der Waals surface area contributed by atoms with Crippen LogP contribution in [0.1, 0.15) is 12.5 Å². The van der Waals surface area contributed by atoms with Gasteiger partial charge in [-0.15, -0.1) is 0 Å². The second-order valence-electron chi connectivity index (χ2n) is 4.35. The number of ketones is 2. The van der Waals surface area contributed by atoms with E-state index in [1.807, 2.05) is 0 Å². The van der Waals surface area contributed by atoms with Gasteiger partial charge >= 0.3 is 0 Å². The molecule has 1 aliphatic carbocycles. The monoisotopic (exact) mass is 262 g/mol. The Kier molecular flexibility index (Phi) is 3.50. The van der Waals surface area contributed by atoms with Crippen molar-refractivity contribution < 1.29 is 24.5 Å². The van der Waals surface area contributed by atoms with Gasteiger partial charge in [-0.2, -0.15) is 0 Å². The number of Topliss-reactive ketones (excluding diaryl/α,β-unsaturated/α-hetero) is 2. The molecule has 0 amide bonds. The Hall–Kier alpha value is -1.98. The van der Waals surface area contributed by atoms with Gasteiger partial charge in [-0.3, -0.25) is 9.59 Å². The fourth-order valence-corrected chi connectivity index (χ4v) is 2.08. The van der Waals surface area contributed by atoms with Crippen LogP contribution < -0.4 is 4.74 Å². The van der Waals surface area contributed by atoms with Crippen LogP contribution >= 0.6 is 0 Å². The van der Waals surface area contributed by atoms with Crippen LogP contribution in [0.3, 0.4) is 0 Å². The molecular weight excluding hydrogens is 248 g/mol. The van der Waals surface area contributed by atoms with E-state index in [1.54, 1.807) is 24.3 Å². The number of aliphatic hydroxyl groups excluding tert-OH is 2. The minimum atomic E-state index is -1.70. The SMILES string of the molecule is COc1ccc(C2=C(C)C(=O)[C@@H](O)[C@@H](O)C2=O)cc1. The first-order valence-electron chi connectivity index (χ1n) is 5.77. The normalized spacial score (nSPS) is 23.8. The van der Waals surface area contributed by atoms with Gasteiger partial charge in [0.2, 0.25) is 0 Å². The summed E-state index contributed by atoms with van der Waals surface area (Å²) in [6.07, 6.45) is -3.37. The Balaban J connectivity index is 2.51. The van der Waals surface area contributed by atoms with Crippen molar-refractivity contribution in [3.8, 4) is 5.75 Å². The van der Waals surface area contributed by atoms with Crippen LogP contribution in [0.2, 0.25) is 0 Å². The van der Waals surface area contributed by atoms with Gasteiger partial charge in [0.1, 0.15) is 11.9 Å². The topological polar surface area (TPSA) is 83.8 Å². The van der Waals surface area contributed by atoms with Crippen molar-refractivity contribution >= 4 is 17.1 Å². The van der Waals surface area contributed by atoms with Crippen molar-refractivity contribution in [3.63, 3.8) is 0 Å². The standard InChI is InChI=1S/C14H14O5/c1-7-10(8-3-5-9(19-2)6-4-8)12(16)14(18)13(17)11(7)15/h3-6,13-14,17-18H,1-2H3/t13-,14+/m1/s1. The zero-order valence-corrected chi connectivity index (χ0v) is 10.6. The molecule has 1 aliphatic rings. The summed E-state index contributed by atoms with van der Waals surface area (Å²) in [5, 5.41) is 19.0. The molecular formula is C14H14O5. The van der Waals surface area contributed by atoms with E-state index >= 15 is 0 Å². The number of hydrogen-bond donors (Lipinski definition) is 2. The highest BCUT2D eigenvalue weighted by Gasteiger charge is 2.39. The van der Waals surface area contributed by atoms with E-state index in [-0.39, 0.29) is 11.1 Å². The van der Waals surface area contributed by atoms with Crippen molar-refractivity contribution in [1.82, 2.24) is 0 Å². The third kappa shape index (κ3) is 2.18. The maximum atomic E-state index is 12.0. The van der Waals surface area contributed by atoms with E-state index in [0.717, 1.165) is 0 Å². The summed E-state index contributed by atoms with van der Waals surface area (Å²) in [6.45, 7) is 1.47. The molecule has 0 aliphatic heterocycles. The van der Waals surface area contributed by atoms with Crippen LogP contribution in [0.15, 0.2) is 29.8 Å². The van der Waals surface area contributed by atoms with Crippen molar-refractivity contribution in [1.29, 1.82) is 0 Å². The molecule has 0 fully saturated rings. The molecule has 1 aromatic rings. The fourth-order valence-electron chi connectivity index (χ4n) is 2.08. The molecule has 2 rings (SSSR count). The van der Waals surface area contributed by atoms with Gasteiger partial charge < -0.3 is 14.9 Å². The van der Waals surface area contributed by atoms with Crippen molar-refractivity contribution in [2.45, 2.75) is 19.1 Å². The maximum absolute atomic E-state index is 12.0. The summed E-state index contributed by atoms with van der Waals surface area (Å²) in [4.78, 5) is 23.7. The molecule has 0 saturated carbocycles. The molecule has 0 saturated heterocycles. The smallest absolute Gasteiger partial charge is 0.195 e. The molecule has 5 nitrogen and oxygen atoms in total. The zero-order chi connectivity index (χ0) is 14.2. The van der Waals surface area contributed by atoms with Crippen molar-refractivity contribution in [2.24, 2.45) is 0 Å². The fraction of sp³-hybridized carbons (Fsp3) is 0.286. The van der Waals surface area contributed by atoms with Gasteiger partial charge in [-0.1, -0.05) is 12.1 Å². The predicted molar refractivity (Wildman–Crippen MR) is 67.6 cm³/mol. The van der Waals surface area contributed by atoms with Crippen molar-refractivity contribution in [2.75, 3.05) is 7.11 Å². The molecule has 2 atom stereocenters. The van der Waals surface area contributed by atoms with E-state index in [0.29, 0.717) is 11.3 Å². The van der Waals surface area contributed by atoms with Crippen LogP contribution in [-0.2, 0) is 9.59 Å². The van der Waals surface area contributed by atoms with Crippen LogP contribution in [-0.4, -0.2) is 41.1 Å². The molecule has 19 heavy (non-hydrogen) atoms. The number of rotatable bonds is 2. The Morgan fingerprint density at radius 2 is 1.53 bits per heavy atom. The Bertz CT molecular complexity index is 556. The average molecular weight is 262 g/mol. The zero-order valence-electron chi connectivity index (χ0n) is 10.6. The maximum Gasteiger partial charge on any atom is 0.195 e. The van der Waals surface area contributed by atoms with Gasteiger partial charge in [0.05, 0.1) is 7.11 Å². The predicted octanol–water partition coefficient (Wildman–Crippen LogP) is 0.342. The largest absolute Gasteiger partial charge is 0.497 e. The number of carbonyl (C=O) groups excluding carboxylic acids is 2. The summed E-state index contributed by atoms with van der Waals surface area (Å²) < 4.78 is 5.01. The molecule has 0 unspecified atom stereocenters. The van der Waals surface area contributed by atoms with Crippen LogP contribution in [0, 0.1) is 0 Å². The Morgan fingerprint density at radius 1 is 1.00 bits per heavy atom.